The SMILES string of the molecule is NC(=O)N[C@@H]1CC[C@@]2(S(=O)(=O)c3ccc(C(F)(F)F)cc3)c3c(F)ccc(F)c3OC[C@H]2C1. The average Bonchev–Trinajstić information content (AvgIpc) is 2.74. The van der Waals surface area contributed by atoms with Crippen LogP contribution in [0.2, 0.25) is 0 Å². The summed E-state index contributed by atoms with van der Waals surface area (Å²) in [5, 5.41) is 2.49. The molecule has 0 radical (unpaired) electrons. The van der Waals surface area contributed by atoms with Gasteiger partial charge in [0.25, 0.3) is 0 Å². The lowest BCUT2D eigenvalue weighted by molar-refractivity contribution is -0.137. The second kappa shape index (κ2) is 7.86. The molecule has 1 aliphatic carbocycles. The van der Waals surface area contributed by atoms with Crippen molar-refractivity contribution in [3.05, 3.63) is 59.2 Å². The van der Waals surface area contributed by atoms with Gasteiger partial charge in [-0.15, -0.1) is 0 Å². The first-order valence-corrected chi connectivity index (χ1v) is 11.5. The van der Waals surface area contributed by atoms with Crippen molar-refractivity contribution in [2.75, 3.05) is 6.61 Å². The molecule has 2 aromatic rings. The number of sulfone groups is 1. The Morgan fingerprint density at radius 2 is 1.73 bits per heavy atom. The third-order valence-corrected chi connectivity index (χ3v) is 8.91. The van der Waals surface area contributed by atoms with E-state index in [9.17, 15) is 30.8 Å². The number of amides is 2. The van der Waals surface area contributed by atoms with Gasteiger partial charge in [-0.2, -0.15) is 13.2 Å². The van der Waals surface area contributed by atoms with E-state index in [1.165, 1.54) is 0 Å². The maximum Gasteiger partial charge on any atom is 0.416 e. The molecule has 1 fully saturated rings. The van der Waals surface area contributed by atoms with Gasteiger partial charge in [-0.1, -0.05) is 0 Å². The van der Waals surface area contributed by atoms with E-state index in [1.54, 1.807) is 0 Å². The minimum absolute atomic E-state index is 0.0260. The van der Waals surface area contributed by atoms with Crippen LogP contribution < -0.4 is 15.8 Å². The number of nitrogens with two attached hydrogens (primary N) is 1. The summed E-state index contributed by atoms with van der Waals surface area (Å²) in [6.07, 6.45) is -4.82. The molecule has 33 heavy (non-hydrogen) atoms. The number of fused-ring (bicyclic) bond motifs is 3. The van der Waals surface area contributed by atoms with Crippen LogP contribution >= 0.6 is 0 Å². The Morgan fingerprint density at radius 1 is 1.09 bits per heavy atom. The van der Waals surface area contributed by atoms with Crippen molar-refractivity contribution in [3.63, 3.8) is 0 Å². The van der Waals surface area contributed by atoms with Crippen LogP contribution in [0.1, 0.15) is 30.4 Å². The molecule has 1 saturated carbocycles. The van der Waals surface area contributed by atoms with Crippen molar-refractivity contribution in [1.29, 1.82) is 0 Å². The molecule has 0 aromatic heterocycles. The highest BCUT2D eigenvalue weighted by molar-refractivity contribution is 7.92. The Balaban J connectivity index is 1.90. The second-order valence-corrected chi connectivity index (χ2v) is 10.3. The predicted octanol–water partition coefficient (Wildman–Crippen LogP) is 3.88. The molecule has 3 atom stereocenters. The first-order chi connectivity index (χ1) is 15.4. The van der Waals surface area contributed by atoms with Crippen molar-refractivity contribution < 1.29 is 39.9 Å². The predicted molar refractivity (Wildman–Crippen MR) is 106 cm³/mol. The molecule has 1 aliphatic heterocycles. The van der Waals surface area contributed by atoms with Crippen LogP contribution in [0.4, 0.5) is 26.7 Å². The molecule has 3 N–H and O–H groups in total. The van der Waals surface area contributed by atoms with Gasteiger partial charge in [0.1, 0.15) is 10.6 Å². The molecule has 178 valence electrons. The summed E-state index contributed by atoms with van der Waals surface area (Å²) in [5.41, 5.74) is 3.63. The molecule has 2 aliphatic rings. The zero-order valence-corrected chi connectivity index (χ0v) is 17.8. The molecular weight excluding hydrogens is 471 g/mol. The fraction of sp³-hybridized carbons (Fsp3) is 0.381. The quantitative estimate of drug-likeness (QED) is 0.638. The third kappa shape index (κ3) is 3.69. The van der Waals surface area contributed by atoms with E-state index in [1.807, 2.05) is 0 Å². The van der Waals surface area contributed by atoms with Crippen LogP contribution in [-0.4, -0.2) is 27.1 Å². The minimum atomic E-state index is -4.68. The first-order valence-electron chi connectivity index (χ1n) is 9.97. The van der Waals surface area contributed by atoms with E-state index in [0.717, 1.165) is 24.3 Å². The molecule has 6 nitrogen and oxygen atoms in total. The van der Waals surface area contributed by atoms with Gasteiger partial charge < -0.3 is 15.8 Å². The number of rotatable bonds is 3. The molecule has 0 unspecified atom stereocenters. The van der Waals surface area contributed by atoms with Gasteiger partial charge >= 0.3 is 12.2 Å². The standard InChI is InChI=1S/C21H19F5N2O4S/c22-15-5-6-16(23)18-17(15)20(8-7-13(28-19(27)29)9-12(20)10-32-18)33(30,31)14-3-1-11(2-4-14)21(24,25)26/h1-6,12-13H,7-10H2,(H3,27,28,29)/t12-,13-,20+/m1/s1. The summed E-state index contributed by atoms with van der Waals surface area (Å²) in [4.78, 5) is 10.8. The summed E-state index contributed by atoms with van der Waals surface area (Å²) in [6.45, 7) is -0.301. The van der Waals surface area contributed by atoms with E-state index in [0.29, 0.717) is 12.1 Å². The average molecular weight is 490 g/mol. The van der Waals surface area contributed by atoms with Gasteiger partial charge in [0, 0.05) is 12.0 Å². The number of hydrogen-bond donors (Lipinski definition) is 2. The Hall–Kier alpha value is -2.89. The Morgan fingerprint density at radius 3 is 2.33 bits per heavy atom. The van der Waals surface area contributed by atoms with E-state index in [4.69, 9.17) is 10.5 Å². The van der Waals surface area contributed by atoms with Gasteiger partial charge in [-0.25, -0.2) is 22.0 Å². The van der Waals surface area contributed by atoms with Gasteiger partial charge in [-0.05, 0) is 55.7 Å². The van der Waals surface area contributed by atoms with Crippen LogP contribution in [0, 0.1) is 17.6 Å². The molecule has 1 heterocycles. The highest BCUT2D eigenvalue weighted by Gasteiger charge is 2.59. The fourth-order valence-corrected chi connectivity index (χ4v) is 7.25. The number of carbonyl (C=O) groups is 1. The molecule has 0 saturated heterocycles. The number of hydrogen-bond acceptors (Lipinski definition) is 4. The van der Waals surface area contributed by atoms with Crippen molar-refractivity contribution in [2.24, 2.45) is 11.7 Å². The van der Waals surface area contributed by atoms with E-state index < -0.39 is 72.2 Å². The number of halogens is 5. The second-order valence-electron chi connectivity index (χ2n) is 8.14. The molecule has 12 heteroatoms. The van der Waals surface area contributed by atoms with Crippen LogP contribution in [0.15, 0.2) is 41.3 Å². The van der Waals surface area contributed by atoms with Crippen molar-refractivity contribution in [3.8, 4) is 5.75 Å². The number of urea groups is 1. The summed E-state index contributed by atoms with van der Waals surface area (Å²) in [6, 6.07) is 3.11. The fourth-order valence-electron chi connectivity index (χ4n) is 4.88. The topological polar surface area (TPSA) is 98.5 Å². The monoisotopic (exact) mass is 490 g/mol. The number of primary amides is 1. The lowest BCUT2D eigenvalue weighted by Crippen LogP contribution is -2.56. The van der Waals surface area contributed by atoms with Crippen molar-refractivity contribution in [2.45, 2.75) is 41.1 Å². The summed E-state index contributed by atoms with van der Waals surface area (Å²) < 4.78 is 99.8. The summed E-state index contributed by atoms with van der Waals surface area (Å²) in [5.74, 6) is -3.43. The van der Waals surface area contributed by atoms with Gasteiger partial charge in [0.05, 0.1) is 22.6 Å². The molecule has 4 rings (SSSR count). The van der Waals surface area contributed by atoms with Crippen LogP contribution in [0.3, 0.4) is 0 Å². The van der Waals surface area contributed by atoms with E-state index >= 15 is 4.39 Å². The lowest BCUT2D eigenvalue weighted by atomic mass is 9.71. The highest BCUT2D eigenvalue weighted by atomic mass is 32.2. The highest BCUT2D eigenvalue weighted by Crippen LogP contribution is 2.56. The largest absolute Gasteiger partial charge is 0.490 e. The molecule has 0 bridgehead atoms. The smallest absolute Gasteiger partial charge is 0.416 e. The van der Waals surface area contributed by atoms with E-state index in [2.05, 4.69) is 5.32 Å². The van der Waals surface area contributed by atoms with Crippen molar-refractivity contribution >= 4 is 15.9 Å². The number of carbonyl (C=O) groups excluding carboxylic acids is 1. The first kappa shape index (κ1) is 23.3. The summed E-state index contributed by atoms with van der Waals surface area (Å²) >= 11 is 0. The lowest BCUT2D eigenvalue weighted by Gasteiger charge is -2.49. The number of ether oxygens (including phenoxy) is 1. The van der Waals surface area contributed by atoms with Gasteiger partial charge in [-0.3, -0.25) is 0 Å². The Kier molecular flexibility index (Phi) is 5.54. The van der Waals surface area contributed by atoms with Crippen LogP contribution in [0.25, 0.3) is 0 Å². The Labute approximate surface area is 185 Å². The maximum atomic E-state index is 15.1. The Bertz CT molecular complexity index is 1200. The number of benzene rings is 2. The van der Waals surface area contributed by atoms with Gasteiger partial charge in [0.2, 0.25) is 0 Å². The maximum absolute atomic E-state index is 15.1. The number of alkyl halides is 3. The third-order valence-electron chi connectivity index (χ3n) is 6.32. The van der Waals surface area contributed by atoms with Crippen LogP contribution in [0.5, 0.6) is 5.75 Å². The molecular formula is C21H19F5N2O4S. The molecule has 2 aromatic carbocycles. The summed E-state index contributed by atoms with van der Waals surface area (Å²) in [7, 11) is -4.55. The molecule has 0 spiro atoms. The molecule has 2 amide bonds. The van der Waals surface area contributed by atoms with Crippen LogP contribution in [-0.2, 0) is 20.8 Å². The van der Waals surface area contributed by atoms with Crippen molar-refractivity contribution in [1.82, 2.24) is 5.32 Å². The normalized spacial score (nSPS) is 24.9. The van der Waals surface area contributed by atoms with Gasteiger partial charge in [0.15, 0.2) is 21.4 Å². The zero-order chi connectivity index (χ0) is 24.2. The zero-order valence-electron chi connectivity index (χ0n) is 17.0. The minimum Gasteiger partial charge on any atom is -0.490 e. The number of nitrogens with one attached hydrogen (secondary N) is 1. The van der Waals surface area contributed by atoms with E-state index in [-0.39, 0.29) is 25.9 Å².